The first-order valence-electron chi connectivity index (χ1n) is 9.72. The first-order chi connectivity index (χ1) is 12.9. The van der Waals surface area contributed by atoms with Crippen LogP contribution in [0.2, 0.25) is 0 Å². The van der Waals surface area contributed by atoms with Crippen LogP contribution in [0.3, 0.4) is 0 Å². The first-order valence-corrected chi connectivity index (χ1v) is 9.72. The van der Waals surface area contributed by atoms with E-state index < -0.39 is 6.10 Å². The van der Waals surface area contributed by atoms with Crippen molar-refractivity contribution in [3.8, 4) is 0 Å². The summed E-state index contributed by atoms with van der Waals surface area (Å²) in [6.07, 6.45) is 1.23. The zero-order valence-electron chi connectivity index (χ0n) is 16.2. The summed E-state index contributed by atoms with van der Waals surface area (Å²) in [6.45, 7) is 5.65. The van der Waals surface area contributed by atoms with E-state index in [9.17, 15) is 14.7 Å². The monoisotopic (exact) mass is 365 g/mol. The predicted octanol–water partition coefficient (Wildman–Crippen LogP) is 4.42. The number of rotatable bonds is 8. The molecule has 3 rings (SSSR count). The third kappa shape index (κ3) is 4.51. The van der Waals surface area contributed by atoms with Crippen LogP contribution in [0, 0.1) is 11.8 Å². The van der Waals surface area contributed by atoms with E-state index in [0.717, 1.165) is 12.0 Å². The van der Waals surface area contributed by atoms with Crippen LogP contribution in [0.25, 0.3) is 0 Å². The standard InChI is InChI=1S/C23H27NO3/c1-4-21(26)19-11-18(22(27)13-17-10-14(17)2)12-20(24-19)23(15(3)25)16-8-6-5-7-9-16/h5-9,11-12,14-15,17,23,25H,4,10,13H2,1-3H3/t14-,15-,17+,23+/m0/s1. The molecular weight excluding hydrogens is 338 g/mol. The largest absolute Gasteiger partial charge is 0.392 e. The normalized spacial score (nSPS) is 20.7. The van der Waals surface area contributed by atoms with E-state index in [1.165, 1.54) is 0 Å². The van der Waals surface area contributed by atoms with Crippen LogP contribution in [0.5, 0.6) is 0 Å². The third-order valence-corrected chi connectivity index (χ3v) is 5.46. The van der Waals surface area contributed by atoms with Crippen molar-refractivity contribution in [3.05, 3.63) is 65.0 Å². The van der Waals surface area contributed by atoms with Crippen LogP contribution in [0.15, 0.2) is 42.5 Å². The summed E-state index contributed by atoms with van der Waals surface area (Å²) >= 11 is 0. The highest BCUT2D eigenvalue weighted by molar-refractivity contribution is 6.00. The van der Waals surface area contributed by atoms with Gasteiger partial charge in [-0.3, -0.25) is 9.59 Å². The highest BCUT2D eigenvalue weighted by Gasteiger charge is 2.34. The Morgan fingerprint density at radius 1 is 1.19 bits per heavy atom. The molecule has 0 spiro atoms. The Kier molecular flexibility index (Phi) is 5.85. The zero-order valence-corrected chi connectivity index (χ0v) is 16.2. The molecule has 0 bridgehead atoms. The number of hydrogen-bond acceptors (Lipinski definition) is 4. The van der Waals surface area contributed by atoms with E-state index in [1.807, 2.05) is 30.3 Å². The van der Waals surface area contributed by atoms with Gasteiger partial charge in [-0.15, -0.1) is 0 Å². The van der Waals surface area contributed by atoms with Gasteiger partial charge in [-0.1, -0.05) is 44.2 Å². The number of aliphatic hydroxyl groups is 1. The first kappa shape index (κ1) is 19.4. The van der Waals surface area contributed by atoms with Crippen LogP contribution >= 0.6 is 0 Å². The molecule has 0 aliphatic heterocycles. The molecule has 4 heteroatoms. The third-order valence-electron chi connectivity index (χ3n) is 5.46. The van der Waals surface area contributed by atoms with Crippen molar-refractivity contribution >= 4 is 11.6 Å². The molecule has 142 valence electrons. The Bertz CT molecular complexity index is 829. The van der Waals surface area contributed by atoms with Crippen molar-refractivity contribution in [2.24, 2.45) is 11.8 Å². The number of pyridine rings is 1. The van der Waals surface area contributed by atoms with Crippen molar-refractivity contribution in [2.45, 2.75) is 52.1 Å². The number of aliphatic hydroxyl groups excluding tert-OH is 1. The molecule has 0 radical (unpaired) electrons. The van der Waals surface area contributed by atoms with Gasteiger partial charge in [0.25, 0.3) is 0 Å². The van der Waals surface area contributed by atoms with Gasteiger partial charge in [-0.25, -0.2) is 4.98 Å². The van der Waals surface area contributed by atoms with Gasteiger partial charge in [0.1, 0.15) is 5.69 Å². The lowest BCUT2D eigenvalue weighted by molar-refractivity contribution is 0.0973. The highest BCUT2D eigenvalue weighted by Crippen LogP contribution is 2.41. The molecule has 0 saturated heterocycles. The van der Waals surface area contributed by atoms with Crippen LogP contribution in [-0.4, -0.2) is 27.8 Å². The van der Waals surface area contributed by atoms with Crippen molar-refractivity contribution in [1.29, 1.82) is 0 Å². The molecule has 1 N–H and O–H groups in total. The number of nitrogens with zero attached hydrogens (tertiary/aromatic N) is 1. The van der Waals surface area contributed by atoms with Gasteiger partial charge < -0.3 is 5.11 Å². The Balaban J connectivity index is 2.03. The number of carbonyl (C=O) groups is 2. The maximum absolute atomic E-state index is 12.8. The zero-order chi connectivity index (χ0) is 19.6. The van der Waals surface area contributed by atoms with E-state index in [4.69, 9.17) is 0 Å². The van der Waals surface area contributed by atoms with Gasteiger partial charge >= 0.3 is 0 Å². The molecule has 1 fully saturated rings. The Labute approximate surface area is 160 Å². The molecule has 1 aromatic heterocycles. The smallest absolute Gasteiger partial charge is 0.180 e. The average Bonchev–Trinajstić information content (AvgIpc) is 3.36. The minimum absolute atomic E-state index is 0.0514. The molecule has 1 saturated carbocycles. The molecule has 27 heavy (non-hydrogen) atoms. The lowest BCUT2D eigenvalue weighted by Crippen LogP contribution is -2.19. The summed E-state index contributed by atoms with van der Waals surface area (Å²) in [6, 6.07) is 13.0. The summed E-state index contributed by atoms with van der Waals surface area (Å²) in [7, 11) is 0. The fourth-order valence-electron chi connectivity index (χ4n) is 3.59. The predicted molar refractivity (Wildman–Crippen MR) is 105 cm³/mol. The number of ketones is 2. The molecule has 1 aliphatic carbocycles. The molecule has 0 amide bonds. The van der Waals surface area contributed by atoms with Crippen molar-refractivity contribution in [3.63, 3.8) is 0 Å². The van der Waals surface area contributed by atoms with Crippen LogP contribution < -0.4 is 0 Å². The second kappa shape index (κ2) is 8.13. The molecule has 1 aliphatic rings. The number of benzene rings is 1. The average molecular weight is 365 g/mol. The Morgan fingerprint density at radius 3 is 2.41 bits per heavy atom. The summed E-state index contributed by atoms with van der Waals surface area (Å²) in [5, 5.41) is 10.4. The topological polar surface area (TPSA) is 67.3 Å². The molecule has 0 unspecified atom stereocenters. The molecule has 2 aromatic rings. The number of Topliss-reactive ketones (excluding diaryl/α,β-unsaturated/α-hetero) is 2. The lowest BCUT2D eigenvalue weighted by Gasteiger charge is -2.21. The van der Waals surface area contributed by atoms with Crippen LogP contribution in [-0.2, 0) is 0 Å². The van der Waals surface area contributed by atoms with E-state index in [1.54, 1.807) is 26.0 Å². The minimum atomic E-state index is -0.696. The van der Waals surface area contributed by atoms with E-state index in [0.29, 0.717) is 41.6 Å². The quantitative estimate of drug-likeness (QED) is 0.703. The van der Waals surface area contributed by atoms with Gasteiger partial charge in [0, 0.05) is 18.4 Å². The second-order valence-corrected chi connectivity index (χ2v) is 7.67. The van der Waals surface area contributed by atoms with Crippen molar-refractivity contribution in [1.82, 2.24) is 4.98 Å². The second-order valence-electron chi connectivity index (χ2n) is 7.67. The molecule has 4 nitrogen and oxygen atoms in total. The molecule has 1 heterocycles. The van der Waals surface area contributed by atoms with Gasteiger partial charge in [0.05, 0.1) is 17.7 Å². The van der Waals surface area contributed by atoms with E-state index in [2.05, 4.69) is 11.9 Å². The molecule has 4 atom stereocenters. The minimum Gasteiger partial charge on any atom is -0.392 e. The highest BCUT2D eigenvalue weighted by atomic mass is 16.3. The molecular formula is C23H27NO3. The van der Waals surface area contributed by atoms with Crippen LogP contribution in [0.1, 0.15) is 78.1 Å². The fraction of sp³-hybridized carbons (Fsp3) is 0.435. The summed E-state index contributed by atoms with van der Waals surface area (Å²) < 4.78 is 0. The summed E-state index contributed by atoms with van der Waals surface area (Å²) in [4.78, 5) is 29.6. The Morgan fingerprint density at radius 2 is 1.85 bits per heavy atom. The van der Waals surface area contributed by atoms with Gasteiger partial charge in [0.2, 0.25) is 0 Å². The lowest BCUT2D eigenvalue weighted by atomic mass is 9.89. The van der Waals surface area contributed by atoms with E-state index in [-0.39, 0.29) is 17.5 Å². The number of hydrogen-bond donors (Lipinski definition) is 1. The van der Waals surface area contributed by atoms with E-state index >= 15 is 0 Å². The number of aromatic nitrogens is 1. The number of carbonyl (C=O) groups excluding carboxylic acids is 2. The van der Waals surface area contributed by atoms with Crippen molar-refractivity contribution < 1.29 is 14.7 Å². The summed E-state index contributed by atoms with van der Waals surface area (Å²) in [5.41, 5.74) is 2.32. The van der Waals surface area contributed by atoms with Gasteiger partial charge in [-0.05, 0) is 42.9 Å². The maximum Gasteiger partial charge on any atom is 0.180 e. The van der Waals surface area contributed by atoms with Crippen LogP contribution in [0.4, 0.5) is 0 Å². The molecule has 1 aromatic carbocycles. The van der Waals surface area contributed by atoms with Crippen molar-refractivity contribution in [2.75, 3.05) is 0 Å². The van der Waals surface area contributed by atoms with Gasteiger partial charge in [-0.2, -0.15) is 0 Å². The fourth-order valence-corrected chi connectivity index (χ4v) is 3.59. The maximum atomic E-state index is 12.8. The Hall–Kier alpha value is -2.33. The summed E-state index contributed by atoms with van der Waals surface area (Å²) in [5.74, 6) is 0.614. The van der Waals surface area contributed by atoms with Gasteiger partial charge in [0.15, 0.2) is 11.6 Å². The SMILES string of the molecule is CCC(=O)c1cc(C(=O)C[C@H]2C[C@@H]2C)cc([C@@H](c2ccccc2)[C@H](C)O)n1.